The van der Waals surface area contributed by atoms with Gasteiger partial charge in [-0.2, -0.15) is 0 Å². The van der Waals surface area contributed by atoms with Crippen LogP contribution >= 0.6 is 0 Å². The van der Waals surface area contributed by atoms with Crippen LogP contribution in [0.2, 0.25) is 0 Å². The van der Waals surface area contributed by atoms with Gasteiger partial charge in [0.15, 0.2) is 0 Å². The molecule has 3 unspecified atom stereocenters. The third-order valence-corrected chi connectivity index (χ3v) is 4.19. The number of hydrogen-bond acceptors (Lipinski definition) is 3. The van der Waals surface area contributed by atoms with E-state index in [1.54, 1.807) is 13.0 Å². The maximum absolute atomic E-state index is 13.8. The lowest BCUT2D eigenvalue weighted by Crippen LogP contribution is -2.51. The van der Waals surface area contributed by atoms with Gasteiger partial charge in [-0.25, -0.2) is 4.39 Å². The minimum atomic E-state index is -0.157. The van der Waals surface area contributed by atoms with Gasteiger partial charge in [0.1, 0.15) is 5.82 Å². The highest BCUT2D eigenvalue weighted by atomic mass is 19.1. The van der Waals surface area contributed by atoms with E-state index in [1.807, 2.05) is 12.1 Å². The number of nitrogens with two attached hydrogens (primary N) is 1. The molecule has 0 aromatic heterocycles. The van der Waals surface area contributed by atoms with E-state index in [2.05, 4.69) is 18.7 Å². The van der Waals surface area contributed by atoms with Crippen LogP contribution in [0.15, 0.2) is 18.2 Å². The molecule has 4 heteroatoms. The van der Waals surface area contributed by atoms with Crippen LogP contribution in [0.3, 0.4) is 0 Å². The molecule has 112 valence electrons. The maximum atomic E-state index is 13.8. The molecule has 0 saturated carbocycles. The molecule has 20 heavy (non-hydrogen) atoms. The highest BCUT2D eigenvalue weighted by Gasteiger charge is 2.31. The molecular formula is C16H25FN2O. The number of aryl methyl sites for hydroxylation is 1. The fourth-order valence-corrected chi connectivity index (χ4v) is 2.88. The van der Waals surface area contributed by atoms with Crippen molar-refractivity contribution in [3.63, 3.8) is 0 Å². The average molecular weight is 280 g/mol. The van der Waals surface area contributed by atoms with E-state index in [-0.39, 0.29) is 18.0 Å². The molecule has 0 radical (unpaired) electrons. The third-order valence-electron chi connectivity index (χ3n) is 4.19. The van der Waals surface area contributed by atoms with Crippen LogP contribution in [0.4, 0.5) is 4.39 Å². The van der Waals surface area contributed by atoms with Gasteiger partial charge in [-0.15, -0.1) is 0 Å². The molecule has 1 aliphatic rings. The Morgan fingerprint density at radius 3 is 2.85 bits per heavy atom. The first kappa shape index (κ1) is 15.4. The van der Waals surface area contributed by atoms with E-state index in [0.29, 0.717) is 18.2 Å². The summed E-state index contributed by atoms with van der Waals surface area (Å²) in [7, 11) is 0. The van der Waals surface area contributed by atoms with Gasteiger partial charge >= 0.3 is 0 Å². The average Bonchev–Trinajstić information content (AvgIpc) is 2.44. The second-order valence-electron chi connectivity index (χ2n) is 5.66. The number of halogens is 1. The van der Waals surface area contributed by atoms with Gasteiger partial charge in [-0.1, -0.05) is 19.1 Å². The molecule has 3 nitrogen and oxygen atoms in total. The van der Waals surface area contributed by atoms with Crippen LogP contribution in [-0.4, -0.2) is 36.7 Å². The molecule has 0 aliphatic carbocycles. The zero-order valence-electron chi connectivity index (χ0n) is 12.6. The van der Waals surface area contributed by atoms with E-state index in [1.165, 1.54) is 0 Å². The SMILES string of the molecule is CCC1COC(C)CN1C(CN)c1ccc(C)c(F)c1. The zero-order valence-corrected chi connectivity index (χ0v) is 12.6. The summed E-state index contributed by atoms with van der Waals surface area (Å²) in [6.07, 6.45) is 1.21. The van der Waals surface area contributed by atoms with Gasteiger partial charge in [-0.05, 0) is 37.5 Å². The highest BCUT2D eigenvalue weighted by molar-refractivity contribution is 5.26. The molecule has 2 N–H and O–H groups in total. The second-order valence-corrected chi connectivity index (χ2v) is 5.66. The van der Waals surface area contributed by atoms with Crippen molar-refractivity contribution in [2.24, 2.45) is 5.73 Å². The number of nitrogens with zero attached hydrogens (tertiary/aromatic N) is 1. The zero-order chi connectivity index (χ0) is 14.7. The summed E-state index contributed by atoms with van der Waals surface area (Å²) < 4.78 is 19.5. The predicted octanol–water partition coefficient (Wildman–Crippen LogP) is 2.63. The first-order valence-corrected chi connectivity index (χ1v) is 7.40. The van der Waals surface area contributed by atoms with Crippen molar-refractivity contribution in [2.75, 3.05) is 19.7 Å². The van der Waals surface area contributed by atoms with Crippen LogP contribution in [0.5, 0.6) is 0 Å². The van der Waals surface area contributed by atoms with Crippen molar-refractivity contribution in [1.29, 1.82) is 0 Å². The summed E-state index contributed by atoms with van der Waals surface area (Å²) in [5.74, 6) is -0.157. The van der Waals surface area contributed by atoms with Crippen molar-refractivity contribution in [3.8, 4) is 0 Å². The molecule has 1 aromatic rings. The Labute approximate surface area is 120 Å². The molecule has 1 saturated heterocycles. The Balaban J connectivity index is 2.26. The Kier molecular flexibility index (Phi) is 5.13. The summed E-state index contributed by atoms with van der Waals surface area (Å²) >= 11 is 0. The highest BCUT2D eigenvalue weighted by Crippen LogP contribution is 2.28. The Hall–Kier alpha value is -0.970. The molecule has 3 atom stereocenters. The summed E-state index contributed by atoms with van der Waals surface area (Å²) in [5, 5.41) is 0. The lowest BCUT2D eigenvalue weighted by atomic mass is 9.99. The maximum Gasteiger partial charge on any atom is 0.126 e. The number of rotatable bonds is 4. The van der Waals surface area contributed by atoms with Crippen LogP contribution in [0.1, 0.15) is 37.4 Å². The minimum absolute atomic E-state index is 0.0569. The fraction of sp³-hybridized carbons (Fsp3) is 0.625. The molecule has 1 heterocycles. The lowest BCUT2D eigenvalue weighted by Gasteiger charge is -2.43. The fourth-order valence-electron chi connectivity index (χ4n) is 2.88. The molecular weight excluding hydrogens is 255 g/mol. The third kappa shape index (κ3) is 3.19. The van der Waals surface area contributed by atoms with Gasteiger partial charge in [0.05, 0.1) is 12.7 Å². The van der Waals surface area contributed by atoms with Crippen molar-refractivity contribution in [1.82, 2.24) is 4.90 Å². The first-order valence-electron chi connectivity index (χ1n) is 7.40. The number of benzene rings is 1. The molecule has 1 aliphatic heterocycles. The Bertz CT molecular complexity index is 452. The number of morpholine rings is 1. The second kappa shape index (κ2) is 6.66. The van der Waals surface area contributed by atoms with Gasteiger partial charge in [0.2, 0.25) is 0 Å². The molecule has 0 bridgehead atoms. The van der Waals surface area contributed by atoms with Gasteiger partial charge in [0.25, 0.3) is 0 Å². The largest absolute Gasteiger partial charge is 0.376 e. The van der Waals surface area contributed by atoms with Crippen molar-refractivity contribution < 1.29 is 9.13 Å². The van der Waals surface area contributed by atoms with Gasteiger partial charge < -0.3 is 10.5 Å². The smallest absolute Gasteiger partial charge is 0.126 e. The lowest BCUT2D eigenvalue weighted by molar-refractivity contribution is -0.0719. The molecule has 1 aromatic carbocycles. The van der Waals surface area contributed by atoms with E-state index < -0.39 is 0 Å². The monoisotopic (exact) mass is 280 g/mol. The molecule has 2 rings (SSSR count). The van der Waals surface area contributed by atoms with E-state index >= 15 is 0 Å². The van der Waals surface area contributed by atoms with Crippen molar-refractivity contribution in [2.45, 2.75) is 45.4 Å². The van der Waals surface area contributed by atoms with Crippen LogP contribution in [-0.2, 0) is 4.74 Å². The van der Waals surface area contributed by atoms with Gasteiger partial charge in [-0.3, -0.25) is 4.90 Å². The number of ether oxygens (including phenoxy) is 1. The summed E-state index contributed by atoms with van der Waals surface area (Å²) in [5.41, 5.74) is 7.62. The van der Waals surface area contributed by atoms with Crippen LogP contribution in [0.25, 0.3) is 0 Å². The summed E-state index contributed by atoms with van der Waals surface area (Å²) in [4.78, 5) is 2.37. The van der Waals surface area contributed by atoms with Crippen LogP contribution in [0, 0.1) is 12.7 Å². The molecule has 1 fully saturated rings. The summed E-state index contributed by atoms with van der Waals surface area (Å²) in [6, 6.07) is 5.85. The van der Waals surface area contributed by atoms with E-state index in [4.69, 9.17) is 10.5 Å². The molecule has 0 amide bonds. The Morgan fingerprint density at radius 2 is 2.25 bits per heavy atom. The predicted molar refractivity (Wildman–Crippen MR) is 79.1 cm³/mol. The number of hydrogen-bond donors (Lipinski definition) is 1. The standard InChI is InChI=1S/C16H25FN2O/c1-4-14-10-20-12(3)9-19(14)16(8-18)13-6-5-11(2)15(17)7-13/h5-7,12,14,16H,4,8-10,18H2,1-3H3. The quantitative estimate of drug-likeness (QED) is 0.921. The van der Waals surface area contributed by atoms with E-state index in [9.17, 15) is 4.39 Å². The molecule has 0 spiro atoms. The summed E-state index contributed by atoms with van der Waals surface area (Å²) in [6.45, 7) is 8.06. The Morgan fingerprint density at radius 1 is 1.50 bits per heavy atom. The topological polar surface area (TPSA) is 38.5 Å². The normalized spacial score (nSPS) is 25.6. The van der Waals surface area contributed by atoms with Crippen molar-refractivity contribution in [3.05, 3.63) is 35.1 Å². The van der Waals surface area contributed by atoms with Crippen molar-refractivity contribution >= 4 is 0 Å². The minimum Gasteiger partial charge on any atom is -0.376 e. The van der Waals surface area contributed by atoms with Crippen LogP contribution < -0.4 is 5.73 Å². The first-order chi connectivity index (χ1) is 9.56. The van der Waals surface area contributed by atoms with E-state index in [0.717, 1.165) is 25.1 Å². The van der Waals surface area contributed by atoms with Gasteiger partial charge in [0, 0.05) is 25.2 Å².